The van der Waals surface area contributed by atoms with E-state index >= 15 is 0 Å². The maximum absolute atomic E-state index is 12.4. The summed E-state index contributed by atoms with van der Waals surface area (Å²) in [5.41, 5.74) is 0. The van der Waals surface area contributed by atoms with Gasteiger partial charge in [0.2, 0.25) is 5.91 Å². The third kappa shape index (κ3) is 3.72. The third-order valence-electron chi connectivity index (χ3n) is 3.60. The lowest BCUT2D eigenvalue weighted by Crippen LogP contribution is -2.59. The predicted molar refractivity (Wildman–Crippen MR) is 83.4 cm³/mol. The summed E-state index contributed by atoms with van der Waals surface area (Å²) < 4.78 is 0. The fraction of sp³-hybridized carbons (Fsp3) is 0.600. The number of hydrogen-bond acceptors (Lipinski definition) is 4. The second-order valence-corrected chi connectivity index (χ2v) is 5.97. The van der Waals surface area contributed by atoms with Gasteiger partial charge in [-0.1, -0.05) is 13.8 Å². The lowest BCUT2D eigenvalue weighted by Gasteiger charge is -2.39. The number of anilines is 1. The number of carbonyl (C=O) groups is 2. The lowest BCUT2D eigenvalue weighted by atomic mass is 10.1. The fourth-order valence-electron chi connectivity index (χ4n) is 2.54. The molecule has 1 atom stereocenters. The van der Waals surface area contributed by atoms with Gasteiger partial charge in [0.25, 0.3) is 0 Å². The molecule has 0 spiro atoms. The normalized spacial score (nSPS) is 18.8. The Bertz CT molecular complexity index is 561. The van der Waals surface area contributed by atoms with Crippen LogP contribution >= 0.6 is 0 Å². The van der Waals surface area contributed by atoms with E-state index in [4.69, 9.17) is 0 Å². The number of nitrogens with one attached hydrogen (secondary N) is 1. The van der Waals surface area contributed by atoms with Gasteiger partial charge < -0.3 is 9.80 Å². The summed E-state index contributed by atoms with van der Waals surface area (Å²) in [5.74, 6) is 1.44. The first-order chi connectivity index (χ1) is 10.4. The Balaban J connectivity index is 2.01. The summed E-state index contributed by atoms with van der Waals surface area (Å²) in [6.45, 7) is 9.49. The van der Waals surface area contributed by atoms with E-state index in [0.29, 0.717) is 30.6 Å². The molecule has 0 saturated carbocycles. The first-order valence-electron chi connectivity index (χ1n) is 7.54. The van der Waals surface area contributed by atoms with Crippen molar-refractivity contribution >= 4 is 17.8 Å². The molecule has 1 unspecified atom stereocenters. The molecule has 1 aliphatic heterocycles. The van der Waals surface area contributed by atoms with Crippen molar-refractivity contribution in [3.8, 4) is 0 Å². The van der Waals surface area contributed by atoms with Gasteiger partial charge in [0, 0.05) is 25.8 Å². The van der Waals surface area contributed by atoms with Crippen LogP contribution in [-0.2, 0) is 4.79 Å². The van der Waals surface area contributed by atoms with Crippen LogP contribution in [-0.4, -0.2) is 57.4 Å². The average Bonchev–Trinajstić information content (AvgIpc) is 2.43. The number of amides is 3. The molecule has 0 bridgehead atoms. The summed E-state index contributed by atoms with van der Waals surface area (Å²) in [7, 11) is 0. The van der Waals surface area contributed by atoms with Crippen LogP contribution in [0.15, 0.2) is 12.3 Å². The van der Waals surface area contributed by atoms with Gasteiger partial charge in [-0.15, -0.1) is 0 Å². The van der Waals surface area contributed by atoms with Crippen LogP contribution in [0, 0.1) is 12.8 Å². The molecular weight excluding hydrogens is 282 g/mol. The van der Waals surface area contributed by atoms with Crippen molar-refractivity contribution in [3.05, 3.63) is 18.1 Å². The highest BCUT2D eigenvalue weighted by Crippen LogP contribution is 2.14. The predicted octanol–water partition coefficient (Wildman–Crippen LogP) is 1.51. The quantitative estimate of drug-likeness (QED) is 0.918. The smallest absolute Gasteiger partial charge is 0.323 e. The number of piperazine rings is 1. The number of aromatic nitrogens is 2. The number of nitrogens with zero attached hydrogens (tertiary/aromatic N) is 4. The lowest BCUT2D eigenvalue weighted by molar-refractivity contribution is -0.139. The molecule has 2 rings (SSSR count). The molecule has 2 heterocycles. The van der Waals surface area contributed by atoms with E-state index in [9.17, 15) is 9.59 Å². The standard InChI is InChI=1S/C15H23N5O2/c1-10(2)9-19-7-8-20(11(3)14(19)21)15(22)18-13-5-6-16-12(4)17-13/h5-6,10-11H,7-9H2,1-4H3,(H,16,17,18,22). The van der Waals surface area contributed by atoms with E-state index in [0.717, 1.165) is 6.54 Å². The maximum atomic E-state index is 12.4. The molecule has 3 amide bonds. The summed E-state index contributed by atoms with van der Waals surface area (Å²) >= 11 is 0. The van der Waals surface area contributed by atoms with Crippen LogP contribution in [0.3, 0.4) is 0 Å². The zero-order valence-electron chi connectivity index (χ0n) is 13.5. The summed E-state index contributed by atoms with van der Waals surface area (Å²) in [6.07, 6.45) is 1.59. The maximum Gasteiger partial charge on any atom is 0.323 e. The Kier molecular flexibility index (Phi) is 4.95. The van der Waals surface area contributed by atoms with Crippen molar-refractivity contribution in [2.24, 2.45) is 5.92 Å². The Morgan fingerprint density at radius 1 is 1.45 bits per heavy atom. The van der Waals surface area contributed by atoms with Gasteiger partial charge in [0.1, 0.15) is 17.7 Å². The van der Waals surface area contributed by atoms with Gasteiger partial charge in [-0.3, -0.25) is 10.1 Å². The Morgan fingerprint density at radius 2 is 2.18 bits per heavy atom. The zero-order chi connectivity index (χ0) is 16.3. The first kappa shape index (κ1) is 16.2. The Labute approximate surface area is 130 Å². The van der Waals surface area contributed by atoms with E-state index in [1.54, 1.807) is 31.0 Å². The minimum atomic E-state index is -0.463. The molecule has 7 nitrogen and oxygen atoms in total. The molecule has 0 aliphatic carbocycles. The molecule has 1 saturated heterocycles. The van der Waals surface area contributed by atoms with Crippen molar-refractivity contribution in [2.75, 3.05) is 25.0 Å². The van der Waals surface area contributed by atoms with E-state index in [1.165, 1.54) is 0 Å². The van der Waals surface area contributed by atoms with Gasteiger partial charge in [-0.05, 0) is 25.8 Å². The van der Waals surface area contributed by atoms with Crippen molar-refractivity contribution < 1.29 is 9.59 Å². The molecule has 1 fully saturated rings. The van der Waals surface area contributed by atoms with Gasteiger partial charge in [0.05, 0.1) is 0 Å². The molecule has 120 valence electrons. The minimum absolute atomic E-state index is 0.00559. The van der Waals surface area contributed by atoms with E-state index in [1.807, 2.05) is 4.90 Å². The largest absolute Gasteiger partial charge is 0.339 e. The Hall–Kier alpha value is -2.18. The van der Waals surface area contributed by atoms with Crippen molar-refractivity contribution in [1.82, 2.24) is 19.8 Å². The summed E-state index contributed by atoms with van der Waals surface area (Å²) in [5, 5.41) is 2.72. The fourth-order valence-corrected chi connectivity index (χ4v) is 2.54. The molecule has 1 N–H and O–H groups in total. The topological polar surface area (TPSA) is 78.4 Å². The molecule has 1 aromatic heterocycles. The second kappa shape index (κ2) is 6.72. The molecule has 0 aromatic carbocycles. The number of urea groups is 1. The van der Waals surface area contributed by atoms with Crippen LogP contribution in [0.1, 0.15) is 26.6 Å². The highest BCUT2D eigenvalue weighted by atomic mass is 16.2. The minimum Gasteiger partial charge on any atom is -0.339 e. The summed E-state index contributed by atoms with van der Waals surface area (Å²) in [4.78, 5) is 36.2. The van der Waals surface area contributed by atoms with Crippen molar-refractivity contribution in [3.63, 3.8) is 0 Å². The van der Waals surface area contributed by atoms with E-state index in [-0.39, 0.29) is 11.9 Å². The highest BCUT2D eigenvalue weighted by molar-refractivity contribution is 5.93. The average molecular weight is 305 g/mol. The number of hydrogen-bond donors (Lipinski definition) is 1. The number of rotatable bonds is 3. The third-order valence-corrected chi connectivity index (χ3v) is 3.60. The highest BCUT2D eigenvalue weighted by Gasteiger charge is 2.34. The number of carbonyl (C=O) groups excluding carboxylic acids is 2. The molecule has 7 heteroatoms. The number of aryl methyl sites for hydroxylation is 1. The Morgan fingerprint density at radius 3 is 2.82 bits per heavy atom. The van der Waals surface area contributed by atoms with Crippen LogP contribution < -0.4 is 5.32 Å². The molecule has 22 heavy (non-hydrogen) atoms. The monoisotopic (exact) mass is 305 g/mol. The molecule has 1 aliphatic rings. The van der Waals surface area contributed by atoms with Gasteiger partial charge in [0.15, 0.2) is 0 Å². The van der Waals surface area contributed by atoms with Gasteiger partial charge in [-0.25, -0.2) is 14.8 Å². The van der Waals surface area contributed by atoms with Crippen LogP contribution in [0.4, 0.5) is 10.6 Å². The van der Waals surface area contributed by atoms with E-state index in [2.05, 4.69) is 29.1 Å². The van der Waals surface area contributed by atoms with Crippen molar-refractivity contribution in [2.45, 2.75) is 33.7 Å². The molecule has 0 radical (unpaired) electrons. The second-order valence-electron chi connectivity index (χ2n) is 5.97. The summed E-state index contributed by atoms with van der Waals surface area (Å²) in [6, 6.07) is 0.866. The van der Waals surface area contributed by atoms with Crippen LogP contribution in [0.2, 0.25) is 0 Å². The van der Waals surface area contributed by atoms with Crippen LogP contribution in [0.25, 0.3) is 0 Å². The zero-order valence-corrected chi connectivity index (χ0v) is 13.5. The first-order valence-corrected chi connectivity index (χ1v) is 7.54. The SMILES string of the molecule is Cc1nccc(NC(=O)N2CCN(CC(C)C)C(=O)C2C)n1. The van der Waals surface area contributed by atoms with Crippen molar-refractivity contribution in [1.29, 1.82) is 0 Å². The van der Waals surface area contributed by atoms with Gasteiger partial charge in [-0.2, -0.15) is 0 Å². The molecule has 1 aromatic rings. The van der Waals surface area contributed by atoms with Crippen LogP contribution in [0.5, 0.6) is 0 Å². The van der Waals surface area contributed by atoms with Gasteiger partial charge >= 0.3 is 6.03 Å². The van der Waals surface area contributed by atoms with E-state index < -0.39 is 6.04 Å². The molecular formula is C15H23N5O2.